The van der Waals surface area contributed by atoms with Gasteiger partial charge in [0, 0.05) is 30.1 Å². The highest BCUT2D eigenvalue weighted by Gasteiger charge is 2.23. The minimum absolute atomic E-state index is 0.151. The summed E-state index contributed by atoms with van der Waals surface area (Å²) in [6.45, 7) is 0.609. The van der Waals surface area contributed by atoms with E-state index in [1.807, 2.05) is 0 Å². The Bertz CT molecular complexity index is 618. The van der Waals surface area contributed by atoms with E-state index in [0.717, 1.165) is 17.6 Å². The fraction of sp³-hybridized carbons (Fsp3) is 0.250. The summed E-state index contributed by atoms with van der Waals surface area (Å²) < 4.78 is 18.5. The number of carbonyl (C=O) groups excluding carboxylic acids is 1. The monoisotopic (exact) mass is 234 g/mol. The molecule has 0 saturated carbocycles. The number of carbonyl (C=O) groups is 1. The van der Waals surface area contributed by atoms with Crippen LogP contribution in [-0.2, 0) is 6.42 Å². The normalized spacial score (nSPS) is 14.6. The van der Waals surface area contributed by atoms with Gasteiger partial charge in [0.1, 0.15) is 0 Å². The third-order valence-corrected chi connectivity index (χ3v) is 3.04. The molecule has 1 aromatic heterocycles. The molecule has 0 spiro atoms. The average Bonchev–Trinajstić information content (AvgIpc) is 2.66. The molecule has 4 nitrogen and oxygen atoms in total. The van der Waals surface area contributed by atoms with Crippen LogP contribution in [-0.4, -0.2) is 24.5 Å². The number of aromatic amines is 1. The van der Waals surface area contributed by atoms with Crippen LogP contribution in [0.15, 0.2) is 12.1 Å². The molecule has 1 amide bonds. The molecule has 5 heteroatoms. The van der Waals surface area contributed by atoms with Crippen molar-refractivity contribution in [3.63, 3.8) is 0 Å². The van der Waals surface area contributed by atoms with Crippen molar-refractivity contribution >= 4 is 16.8 Å². The fourth-order valence-electron chi connectivity index (χ4n) is 2.24. The number of hydrogen-bond acceptors (Lipinski definition) is 2. The molecule has 0 atom stereocenters. The number of nitrogens with one attached hydrogen (secondary N) is 2. The highest BCUT2D eigenvalue weighted by Crippen LogP contribution is 2.30. The molecule has 0 aliphatic carbocycles. The van der Waals surface area contributed by atoms with Gasteiger partial charge in [-0.25, -0.2) is 4.39 Å². The number of ether oxygens (including phenoxy) is 1. The zero-order valence-corrected chi connectivity index (χ0v) is 9.26. The van der Waals surface area contributed by atoms with Crippen molar-refractivity contribution in [2.75, 3.05) is 13.7 Å². The van der Waals surface area contributed by atoms with Crippen LogP contribution in [0.5, 0.6) is 5.75 Å². The standard InChI is InChI=1S/C12H11FN2O2/c1-17-10-5-9-6(4-7(10)13)11-8(15-9)2-3-14-12(11)16/h4-5,15H,2-3H2,1H3,(H,14,16). The molecule has 2 aromatic rings. The molecule has 0 unspecified atom stereocenters. The highest BCUT2D eigenvalue weighted by atomic mass is 19.1. The maximum Gasteiger partial charge on any atom is 0.253 e. The second kappa shape index (κ2) is 3.48. The van der Waals surface area contributed by atoms with Gasteiger partial charge < -0.3 is 15.0 Å². The number of amides is 1. The number of methoxy groups -OCH3 is 1. The molecule has 2 N–H and O–H groups in total. The van der Waals surface area contributed by atoms with Gasteiger partial charge in [0.25, 0.3) is 5.91 Å². The summed E-state index contributed by atoms with van der Waals surface area (Å²) in [5.74, 6) is -0.432. The van der Waals surface area contributed by atoms with Crippen LogP contribution in [0.25, 0.3) is 10.9 Å². The predicted molar refractivity (Wildman–Crippen MR) is 60.8 cm³/mol. The lowest BCUT2D eigenvalue weighted by Crippen LogP contribution is -2.31. The van der Waals surface area contributed by atoms with Gasteiger partial charge in [0.05, 0.1) is 18.2 Å². The van der Waals surface area contributed by atoms with Crippen LogP contribution < -0.4 is 10.1 Å². The number of halogens is 1. The summed E-state index contributed by atoms with van der Waals surface area (Å²) in [4.78, 5) is 14.9. The smallest absolute Gasteiger partial charge is 0.253 e. The Kier molecular flexibility index (Phi) is 2.07. The Morgan fingerprint density at radius 3 is 3.00 bits per heavy atom. The molecule has 0 bridgehead atoms. The Morgan fingerprint density at radius 2 is 2.24 bits per heavy atom. The first-order valence-electron chi connectivity index (χ1n) is 5.37. The minimum atomic E-state index is -0.458. The number of aromatic nitrogens is 1. The van der Waals surface area contributed by atoms with Gasteiger partial charge in [-0.05, 0) is 6.07 Å². The van der Waals surface area contributed by atoms with Crippen LogP contribution in [0, 0.1) is 5.82 Å². The first kappa shape index (κ1) is 10.1. The van der Waals surface area contributed by atoms with Crippen molar-refractivity contribution in [2.45, 2.75) is 6.42 Å². The molecule has 17 heavy (non-hydrogen) atoms. The summed E-state index contributed by atoms with van der Waals surface area (Å²) in [6.07, 6.45) is 0.736. The summed E-state index contributed by atoms with van der Waals surface area (Å²) in [5, 5.41) is 3.36. The van der Waals surface area contributed by atoms with Crippen molar-refractivity contribution in [1.29, 1.82) is 0 Å². The van der Waals surface area contributed by atoms with Crippen LogP contribution in [0.2, 0.25) is 0 Å². The van der Waals surface area contributed by atoms with Crippen LogP contribution in [0.1, 0.15) is 16.1 Å². The number of H-pyrrole nitrogens is 1. The quantitative estimate of drug-likeness (QED) is 0.787. The third kappa shape index (κ3) is 1.39. The molecule has 0 fully saturated rings. The van der Waals surface area contributed by atoms with E-state index >= 15 is 0 Å². The molecule has 0 radical (unpaired) electrons. The summed E-state index contributed by atoms with van der Waals surface area (Å²) in [5.41, 5.74) is 2.13. The van der Waals surface area contributed by atoms with E-state index in [4.69, 9.17) is 4.74 Å². The lowest BCUT2D eigenvalue weighted by atomic mass is 10.1. The lowest BCUT2D eigenvalue weighted by molar-refractivity contribution is 0.0947. The van der Waals surface area contributed by atoms with Gasteiger partial charge in [-0.1, -0.05) is 0 Å². The van der Waals surface area contributed by atoms with E-state index in [2.05, 4.69) is 10.3 Å². The topological polar surface area (TPSA) is 54.1 Å². The molecular weight excluding hydrogens is 223 g/mol. The third-order valence-electron chi connectivity index (χ3n) is 3.04. The summed E-state index contributed by atoms with van der Waals surface area (Å²) in [6, 6.07) is 2.92. The Balaban J connectivity index is 2.32. The first-order valence-corrected chi connectivity index (χ1v) is 5.37. The van der Waals surface area contributed by atoms with Gasteiger partial charge in [-0.2, -0.15) is 0 Å². The summed E-state index contributed by atoms with van der Waals surface area (Å²) in [7, 11) is 1.42. The largest absolute Gasteiger partial charge is 0.494 e. The van der Waals surface area contributed by atoms with E-state index in [1.165, 1.54) is 13.2 Å². The second-order valence-corrected chi connectivity index (χ2v) is 4.02. The van der Waals surface area contributed by atoms with E-state index in [9.17, 15) is 9.18 Å². The summed E-state index contributed by atoms with van der Waals surface area (Å²) >= 11 is 0. The van der Waals surface area contributed by atoms with Gasteiger partial charge in [0.2, 0.25) is 0 Å². The molecule has 2 heterocycles. The number of fused-ring (bicyclic) bond motifs is 3. The van der Waals surface area contributed by atoms with Gasteiger partial charge in [-0.3, -0.25) is 4.79 Å². The van der Waals surface area contributed by atoms with E-state index in [0.29, 0.717) is 17.5 Å². The van der Waals surface area contributed by atoms with Crippen molar-refractivity contribution in [3.8, 4) is 5.75 Å². The van der Waals surface area contributed by atoms with Crippen molar-refractivity contribution < 1.29 is 13.9 Å². The fourth-order valence-corrected chi connectivity index (χ4v) is 2.24. The highest BCUT2D eigenvalue weighted by molar-refractivity contribution is 6.09. The molecule has 1 aliphatic heterocycles. The molecule has 1 aliphatic rings. The predicted octanol–water partition coefficient (Wildman–Crippen LogP) is 1.60. The van der Waals surface area contributed by atoms with Crippen LogP contribution >= 0.6 is 0 Å². The Hall–Kier alpha value is -2.04. The maximum atomic E-state index is 13.6. The molecule has 3 rings (SSSR count). The molecule has 88 valence electrons. The van der Waals surface area contributed by atoms with Crippen molar-refractivity contribution in [1.82, 2.24) is 10.3 Å². The van der Waals surface area contributed by atoms with Crippen molar-refractivity contribution in [3.05, 3.63) is 29.2 Å². The van der Waals surface area contributed by atoms with Crippen LogP contribution in [0.3, 0.4) is 0 Å². The van der Waals surface area contributed by atoms with Gasteiger partial charge >= 0.3 is 0 Å². The van der Waals surface area contributed by atoms with E-state index in [-0.39, 0.29) is 11.7 Å². The minimum Gasteiger partial charge on any atom is -0.494 e. The average molecular weight is 234 g/mol. The second-order valence-electron chi connectivity index (χ2n) is 4.02. The van der Waals surface area contributed by atoms with Gasteiger partial charge in [0.15, 0.2) is 11.6 Å². The number of benzene rings is 1. The van der Waals surface area contributed by atoms with E-state index in [1.54, 1.807) is 6.07 Å². The first-order chi connectivity index (χ1) is 8.20. The Labute approximate surface area is 96.8 Å². The molecule has 1 aromatic carbocycles. The molecule has 0 saturated heterocycles. The van der Waals surface area contributed by atoms with Gasteiger partial charge in [-0.15, -0.1) is 0 Å². The van der Waals surface area contributed by atoms with Crippen LogP contribution in [0.4, 0.5) is 4.39 Å². The Morgan fingerprint density at radius 1 is 1.41 bits per heavy atom. The number of hydrogen-bond donors (Lipinski definition) is 2. The molecular formula is C12H11FN2O2. The lowest BCUT2D eigenvalue weighted by Gasteiger charge is -2.11. The SMILES string of the molecule is COc1cc2[nH]c3c(c2cc1F)C(=O)NCC3. The van der Waals surface area contributed by atoms with Crippen molar-refractivity contribution in [2.24, 2.45) is 0 Å². The van der Waals surface area contributed by atoms with E-state index < -0.39 is 5.82 Å². The zero-order chi connectivity index (χ0) is 12.0. The zero-order valence-electron chi connectivity index (χ0n) is 9.26. The maximum absolute atomic E-state index is 13.6. The number of rotatable bonds is 1.